The number of rotatable bonds is 4. The second-order valence-corrected chi connectivity index (χ2v) is 11.5. The number of piperidine rings is 1. The number of fused-ring (bicyclic) bond motifs is 1. The van der Waals surface area contributed by atoms with Crippen molar-refractivity contribution in [3.63, 3.8) is 0 Å². The van der Waals surface area contributed by atoms with Crippen LogP contribution in [0.3, 0.4) is 0 Å². The first-order chi connectivity index (χ1) is 13.8. The molecule has 1 fully saturated rings. The smallest absolute Gasteiger partial charge is 0.257 e. The van der Waals surface area contributed by atoms with Crippen LogP contribution >= 0.6 is 27.3 Å². The van der Waals surface area contributed by atoms with Gasteiger partial charge in [-0.05, 0) is 58.4 Å². The zero-order chi connectivity index (χ0) is 20.6. The molecule has 2 N–H and O–H groups in total. The first-order valence-electron chi connectivity index (χ1n) is 9.03. The lowest BCUT2D eigenvalue weighted by atomic mass is 9.99. The van der Waals surface area contributed by atoms with Crippen LogP contribution in [0.15, 0.2) is 55.3 Å². The molecule has 3 heterocycles. The Morgan fingerprint density at radius 1 is 1.24 bits per heavy atom. The van der Waals surface area contributed by atoms with Crippen LogP contribution in [0.25, 0.3) is 10.8 Å². The number of aromatic amines is 1. The molecule has 1 atom stereocenters. The normalized spacial score (nSPS) is 18.0. The molecular weight excluding hydrogens is 478 g/mol. The van der Waals surface area contributed by atoms with Crippen LogP contribution in [0.2, 0.25) is 0 Å². The number of pyridine rings is 1. The molecule has 4 rings (SSSR count). The second kappa shape index (κ2) is 8.02. The van der Waals surface area contributed by atoms with Crippen LogP contribution in [0, 0.1) is 5.92 Å². The zero-order valence-electron chi connectivity index (χ0n) is 15.2. The van der Waals surface area contributed by atoms with E-state index < -0.39 is 15.9 Å². The molecule has 1 amide bonds. The first-order valence-corrected chi connectivity index (χ1v) is 12.1. The van der Waals surface area contributed by atoms with E-state index in [1.807, 2.05) is 6.07 Å². The van der Waals surface area contributed by atoms with E-state index >= 15 is 0 Å². The lowest BCUT2D eigenvalue weighted by Crippen LogP contribution is -2.43. The Morgan fingerprint density at radius 2 is 2.03 bits per heavy atom. The van der Waals surface area contributed by atoms with E-state index in [-0.39, 0.29) is 22.2 Å². The standard InChI is InChI=1S/C19H18BrN3O4S2/c20-15-7-8-17(28-15)29(26,27)23-9-3-5-13(11-23)18(24)21-16-10-12-4-1-2-6-14(12)19(25)22-16/h1-2,4,6-8,10,13H,3,5,9,11H2,(H2,21,22,24,25). The summed E-state index contributed by atoms with van der Waals surface area (Å²) in [6.45, 7) is 0.496. The molecule has 29 heavy (non-hydrogen) atoms. The summed E-state index contributed by atoms with van der Waals surface area (Å²) in [6.07, 6.45) is 1.18. The summed E-state index contributed by atoms with van der Waals surface area (Å²) in [5.41, 5.74) is -0.283. The van der Waals surface area contributed by atoms with E-state index in [4.69, 9.17) is 0 Å². The van der Waals surface area contributed by atoms with E-state index in [2.05, 4.69) is 26.2 Å². The number of nitrogens with zero attached hydrogens (tertiary/aromatic N) is 1. The summed E-state index contributed by atoms with van der Waals surface area (Å²) in [5.74, 6) is -0.485. The summed E-state index contributed by atoms with van der Waals surface area (Å²) in [4.78, 5) is 27.6. The molecule has 1 aliphatic rings. The molecule has 1 saturated heterocycles. The highest BCUT2D eigenvalue weighted by atomic mass is 79.9. The van der Waals surface area contributed by atoms with Crippen molar-refractivity contribution in [1.29, 1.82) is 0 Å². The quantitative estimate of drug-likeness (QED) is 0.579. The Hall–Kier alpha value is -2.01. The number of amides is 1. The van der Waals surface area contributed by atoms with Gasteiger partial charge >= 0.3 is 0 Å². The highest BCUT2D eigenvalue weighted by Gasteiger charge is 2.34. The van der Waals surface area contributed by atoms with Gasteiger partial charge in [-0.1, -0.05) is 18.2 Å². The average molecular weight is 496 g/mol. The Labute approximate surface area is 179 Å². The van der Waals surface area contributed by atoms with Crippen molar-refractivity contribution >= 4 is 59.8 Å². The number of nitrogens with one attached hydrogen (secondary N) is 2. The fourth-order valence-electron chi connectivity index (χ4n) is 3.45. The largest absolute Gasteiger partial charge is 0.312 e. The van der Waals surface area contributed by atoms with Crippen molar-refractivity contribution in [3.05, 3.63) is 56.6 Å². The van der Waals surface area contributed by atoms with Crippen LogP contribution < -0.4 is 10.9 Å². The SMILES string of the molecule is O=C(Nc1cc2ccccc2c(=O)[nH]1)C1CCCN(S(=O)(=O)c2ccc(Br)s2)C1. The number of hydrogen-bond donors (Lipinski definition) is 2. The van der Waals surface area contributed by atoms with Gasteiger partial charge in [0.15, 0.2) is 0 Å². The van der Waals surface area contributed by atoms with E-state index in [9.17, 15) is 18.0 Å². The Morgan fingerprint density at radius 3 is 2.79 bits per heavy atom. The summed E-state index contributed by atoms with van der Waals surface area (Å²) < 4.78 is 28.1. The molecular formula is C19H18BrN3O4S2. The fourth-order valence-corrected chi connectivity index (χ4v) is 7.14. The summed E-state index contributed by atoms with van der Waals surface area (Å²) in [6, 6.07) is 12.1. The molecule has 0 spiro atoms. The van der Waals surface area contributed by atoms with E-state index in [1.54, 1.807) is 36.4 Å². The molecule has 10 heteroatoms. The van der Waals surface area contributed by atoms with Crippen molar-refractivity contribution in [2.75, 3.05) is 18.4 Å². The number of thiophene rings is 1. The number of hydrogen-bond acceptors (Lipinski definition) is 5. The highest BCUT2D eigenvalue weighted by molar-refractivity contribution is 9.11. The Balaban J connectivity index is 1.51. The van der Waals surface area contributed by atoms with Gasteiger partial charge in [-0.2, -0.15) is 4.31 Å². The Kier molecular flexibility index (Phi) is 5.60. The fraction of sp³-hybridized carbons (Fsp3) is 0.263. The van der Waals surface area contributed by atoms with Crippen molar-refractivity contribution in [3.8, 4) is 0 Å². The molecule has 0 radical (unpaired) electrons. The molecule has 3 aromatic rings. The minimum Gasteiger partial charge on any atom is -0.312 e. The van der Waals surface area contributed by atoms with Crippen LogP contribution in [0.5, 0.6) is 0 Å². The summed E-state index contributed by atoms with van der Waals surface area (Å²) in [7, 11) is -3.63. The monoisotopic (exact) mass is 495 g/mol. The molecule has 0 saturated carbocycles. The maximum absolute atomic E-state index is 12.9. The number of halogens is 1. The van der Waals surface area contributed by atoms with Gasteiger partial charge in [0.05, 0.1) is 9.70 Å². The molecule has 2 aromatic heterocycles. The maximum atomic E-state index is 12.9. The molecule has 7 nitrogen and oxygen atoms in total. The number of aromatic nitrogens is 1. The number of carbonyl (C=O) groups excluding carboxylic acids is 1. The number of H-pyrrole nitrogens is 1. The topological polar surface area (TPSA) is 99.3 Å². The van der Waals surface area contributed by atoms with Crippen molar-refractivity contribution < 1.29 is 13.2 Å². The lowest BCUT2D eigenvalue weighted by molar-refractivity contribution is -0.120. The lowest BCUT2D eigenvalue weighted by Gasteiger charge is -2.30. The van der Waals surface area contributed by atoms with Gasteiger partial charge in [0.1, 0.15) is 10.0 Å². The number of carbonyl (C=O) groups is 1. The van der Waals surface area contributed by atoms with Crippen molar-refractivity contribution in [2.24, 2.45) is 5.92 Å². The van der Waals surface area contributed by atoms with Gasteiger partial charge in [0.25, 0.3) is 15.6 Å². The van der Waals surface area contributed by atoms with Gasteiger partial charge < -0.3 is 10.3 Å². The highest BCUT2D eigenvalue weighted by Crippen LogP contribution is 2.31. The van der Waals surface area contributed by atoms with Gasteiger partial charge in [-0.3, -0.25) is 9.59 Å². The van der Waals surface area contributed by atoms with Gasteiger partial charge in [-0.15, -0.1) is 11.3 Å². The predicted octanol–water partition coefficient (Wildman–Crippen LogP) is 3.39. The third-order valence-electron chi connectivity index (χ3n) is 4.91. The van der Waals surface area contributed by atoms with Crippen molar-refractivity contribution in [2.45, 2.75) is 17.1 Å². The average Bonchev–Trinajstić information content (AvgIpc) is 3.15. The summed E-state index contributed by atoms with van der Waals surface area (Å²) >= 11 is 4.44. The molecule has 1 aliphatic heterocycles. The van der Waals surface area contributed by atoms with Crippen LogP contribution in [0.4, 0.5) is 5.82 Å². The molecule has 1 unspecified atom stereocenters. The van der Waals surface area contributed by atoms with Gasteiger partial charge in [-0.25, -0.2) is 8.42 Å². The van der Waals surface area contributed by atoms with Gasteiger partial charge in [0, 0.05) is 18.5 Å². The molecule has 0 aliphatic carbocycles. The summed E-state index contributed by atoms with van der Waals surface area (Å²) in [5, 5.41) is 4.01. The third kappa shape index (κ3) is 4.16. The van der Waals surface area contributed by atoms with Crippen LogP contribution in [-0.4, -0.2) is 36.7 Å². The number of sulfonamides is 1. The molecule has 1 aromatic carbocycles. The third-order valence-corrected chi connectivity index (χ3v) is 8.87. The number of benzene rings is 1. The van der Waals surface area contributed by atoms with E-state index in [0.717, 1.165) is 20.5 Å². The predicted molar refractivity (Wildman–Crippen MR) is 117 cm³/mol. The zero-order valence-corrected chi connectivity index (χ0v) is 18.4. The second-order valence-electron chi connectivity index (χ2n) is 6.85. The van der Waals surface area contributed by atoms with E-state index in [1.165, 1.54) is 4.31 Å². The maximum Gasteiger partial charge on any atom is 0.257 e. The molecule has 152 valence electrons. The van der Waals surface area contributed by atoms with Crippen LogP contribution in [-0.2, 0) is 14.8 Å². The minimum atomic E-state index is -3.63. The van der Waals surface area contributed by atoms with Crippen molar-refractivity contribution in [1.82, 2.24) is 9.29 Å². The Bertz CT molecular complexity index is 1240. The van der Waals surface area contributed by atoms with Gasteiger partial charge in [0.2, 0.25) is 5.91 Å². The van der Waals surface area contributed by atoms with Crippen LogP contribution in [0.1, 0.15) is 12.8 Å². The van der Waals surface area contributed by atoms with E-state index in [0.29, 0.717) is 30.6 Å². The number of anilines is 1. The molecule has 0 bridgehead atoms. The first kappa shape index (κ1) is 20.3. The minimum absolute atomic E-state index is 0.113.